The Morgan fingerprint density at radius 2 is 1.90 bits per heavy atom. The molecule has 0 aliphatic carbocycles. The molecule has 0 saturated heterocycles. The Bertz CT molecular complexity index is 585. The maximum Gasteiger partial charge on any atom is 0.319 e. The maximum atomic E-state index is 11.4. The van der Waals surface area contributed by atoms with Crippen LogP contribution in [0.5, 0.6) is 11.5 Å². The highest BCUT2D eigenvalue weighted by Gasteiger charge is 2.01. The molecule has 0 fully saturated rings. The summed E-state index contributed by atoms with van der Waals surface area (Å²) in [4.78, 5) is 11.4. The van der Waals surface area contributed by atoms with Crippen LogP contribution in [0.2, 0.25) is 5.02 Å². The summed E-state index contributed by atoms with van der Waals surface area (Å²) in [5.74, 6) is 1.34. The van der Waals surface area contributed by atoms with Crippen molar-refractivity contribution in [2.75, 3.05) is 11.9 Å². The second kappa shape index (κ2) is 6.82. The second-order valence-corrected chi connectivity index (χ2v) is 4.50. The van der Waals surface area contributed by atoms with Crippen LogP contribution in [-0.4, -0.2) is 12.6 Å². The largest absolute Gasteiger partial charge is 0.457 e. The van der Waals surface area contributed by atoms with Gasteiger partial charge < -0.3 is 15.4 Å². The van der Waals surface area contributed by atoms with Crippen molar-refractivity contribution in [2.45, 2.75) is 6.92 Å². The molecule has 0 saturated carbocycles. The number of nitrogens with one attached hydrogen (secondary N) is 2. The molecule has 0 bridgehead atoms. The van der Waals surface area contributed by atoms with Crippen LogP contribution >= 0.6 is 11.6 Å². The first-order chi connectivity index (χ1) is 9.67. The van der Waals surface area contributed by atoms with E-state index in [-0.39, 0.29) is 6.03 Å². The SMILES string of the molecule is CCNC(=O)Nc1ccc(Oc2cccc(Cl)c2)cc1. The van der Waals surface area contributed by atoms with Crippen molar-refractivity contribution in [1.29, 1.82) is 0 Å². The summed E-state index contributed by atoms with van der Waals surface area (Å²) < 4.78 is 5.65. The van der Waals surface area contributed by atoms with Gasteiger partial charge in [0.1, 0.15) is 11.5 Å². The minimum atomic E-state index is -0.226. The van der Waals surface area contributed by atoms with E-state index in [1.54, 1.807) is 36.4 Å². The third-order valence-electron chi connectivity index (χ3n) is 2.48. The molecule has 104 valence electrons. The number of hydrogen-bond acceptors (Lipinski definition) is 2. The van der Waals surface area contributed by atoms with Gasteiger partial charge in [0.2, 0.25) is 0 Å². The van der Waals surface area contributed by atoms with Crippen molar-refractivity contribution in [3.63, 3.8) is 0 Å². The fraction of sp³-hybridized carbons (Fsp3) is 0.133. The maximum absolute atomic E-state index is 11.4. The first-order valence-corrected chi connectivity index (χ1v) is 6.63. The van der Waals surface area contributed by atoms with Crippen molar-refractivity contribution in [3.8, 4) is 11.5 Å². The van der Waals surface area contributed by atoms with Gasteiger partial charge in [-0.05, 0) is 49.4 Å². The summed E-state index contributed by atoms with van der Waals surface area (Å²) in [6.07, 6.45) is 0. The summed E-state index contributed by atoms with van der Waals surface area (Å²) in [5, 5.41) is 6.00. The molecular formula is C15H15ClN2O2. The van der Waals surface area contributed by atoms with Crippen LogP contribution in [0.25, 0.3) is 0 Å². The van der Waals surface area contributed by atoms with Gasteiger partial charge in [-0.1, -0.05) is 17.7 Å². The first kappa shape index (κ1) is 14.2. The van der Waals surface area contributed by atoms with Gasteiger partial charge in [-0.3, -0.25) is 0 Å². The third kappa shape index (κ3) is 4.17. The van der Waals surface area contributed by atoms with Gasteiger partial charge in [0.05, 0.1) is 0 Å². The number of rotatable bonds is 4. The van der Waals surface area contributed by atoms with E-state index in [0.717, 1.165) is 0 Å². The molecule has 2 rings (SSSR count). The van der Waals surface area contributed by atoms with Crippen LogP contribution in [0, 0.1) is 0 Å². The van der Waals surface area contributed by atoms with E-state index in [1.165, 1.54) is 0 Å². The Hall–Kier alpha value is -2.20. The van der Waals surface area contributed by atoms with Crippen molar-refractivity contribution in [3.05, 3.63) is 53.6 Å². The van der Waals surface area contributed by atoms with Crippen molar-refractivity contribution >= 4 is 23.3 Å². The van der Waals surface area contributed by atoms with E-state index in [0.29, 0.717) is 28.8 Å². The smallest absolute Gasteiger partial charge is 0.319 e. The molecule has 2 N–H and O–H groups in total. The Kier molecular flexibility index (Phi) is 4.85. The minimum Gasteiger partial charge on any atom is -0.457 e. The number of urea groups is 1. The van der Waals surface area contributed by atoms with Gasteiger partial charge in [0.25, 0.3) is 0 Å². The van der Waals surface area contributed by atoms with Gasteiger partial charge in [0.15, 0.2) is 0 Å². The number of carbonyl (C=O) groups is 1. The number of ether oxygens (including phenoxy) is 1. The topological polar surface area (TPSA) is 50.4 Å². The zero-order valence-corrected chi connectivity index (χ0v) is 11.8. The second-order valence-electron chi connectivity index (χ2n) is 4.07. The quantitative estimate of drug-likeness (QED) is 0.883. The molecule has 0 aliphatic heterocycles. The number of benzene rings is 2. The summed E-state index contributed by atoms with van der Waals surface area (Å²) in [5.41, 5.74) is 0.703. The van der Waals surface area contributed by atoms with Crippen LogP contribution in [0.4, 0.5) is 10.5 Å². The Balaban J connectivity index is 1.99. The molecule has 2 aromatic rings. The van der Waals surface area contributed by atoms with Crippen molar-refractivity contribution in [2.24, 2.45) is 0 Å². The molecule has 20 heavy (non-hydrogen) atoms. The molecule has 0 radical (unpaired) electrons. The summed E-state index contributed by atoms with van der Waals surface area (Å²) in [6, 6.07) is 14.1. The van der Waals surface area contributed by atoms with E-state index in [9.17, 15) is 4.79 Å². The number of hydrogen-bond donors (Lipinski definition) is 2. The van der Waals surface area contributed by atoms with Crippen LogP contribution in [-0.2, 0) is 0 Å². The van der Waals surface area contributed by atoms with Crippen molar-refractivity contribution in [1.82, 2.24) is 5.32 Å². The standard InChI is InChI=1S/C15H15ClN2O2/c1-2-17-15(19)18-12-6-8-13(9-7-12)20-14-5-3-4-11(16)10-14/h3-10H,2H2,1H3,(H2,17,18,19). The lowest BCUT2D eigenvalue weighted by Crippen LogP contribution is -2.28. The van der Waals surface area contributed by atoms with E-state index in [1.807, 2.05) is 19.1 Å². The fourth-order valence-corrected chi connectivity index (χ4v) is 1.79. The predicted molar refractivity (Wildman–Crippen MR) is 80.7 cm³/mol. The third-order valence-corrected chi connectivity index (χ3v) is 2.72. The average Bonchev–Trinajstić information content (AvgIpc) is 2.41. The number of amides is 2. The van der Waals surface area contributed by atoms with Crippen LogP contribution in [0.3, 0.4) is 0 Å². The summed E-state index contributed by atoms with van der Waals surface area (Å²) in [6.45, 7) is 2.45. The molecule has 0 heterocycles. The van der Waals surface area contributed by atoms with Crippen molar-refractivity contribution < 1.29 is 9.53 Å². The molecule has 0 aromatic heterocycles. The Labute approximate surface area is 122 Å². The molecule has 0 spiro atoms. The van der Waals surface area contributed by atoms with E-state index in [2.05, 4.69) is 10.6 Å². The van der Waals surface area contributed by atoms with Gasteiger partial charge in [-0.2, -0.15) is 0 Å². The Morgan fingerprint density at radius 3 is 2.55 bits per heavy atom. The number of halogens is 1. The van der Waals surface area contributed by atoms with Gasteiger partial charge in [-0.15, -0.1) is 0 Å². The molecule has 5 heteroatoms. The van der Waals surface area contributed by atoms with Crippen LogP contribution in [0.1, 0.15) is 6.92 Å². The predicted octanol–water partition coefficient (Wildman–Crippen LogP) is 4.27. The van der Waals surface area contributed by atoms with Gasteiger partial charge >= 0.3 is 6.03 Å². The first-order valence-electron chi connectivity index (χ1n) is 6.25. The molecule has 2 amide bonds. The summed E-state index contributed by atoms with van der Waals surface area (Å²) >= 11 is 5.89. The van der Waals surface area contributed by atoms with E-state index in [4.69, 9.17) is 16.3 Å². The van der Waals surface area contributed by atoms with Gasteiger partial charge in [0, 0.05) is 17.3 Å². The Morgan fingerprint density at radius 1 is 1.15 bits per heavy atom. The monoisotopic (exact) mass is 290 g/mol. The van der Waals surface area contributed by atoms with E-state index >= 15 is 0 Å². The normalized spacial score (nSPS) is 9.90. The minimum absolute atomic E-state index is 0.226. The zero-order chi connectivity index (χ0) is 14.4. The lowest BCUT2D eigenvalue weighted by molar-refractivity contribution is 0.252. The molecule has 2 aromatic carbocycles. The lowest BCUT2D eigenvalue weighted by Gasteiger charge is -2.08. The molecular weight excluding hydrogens is 276 g/mol. The van der Waals surface area contributed by atoms with Crippen LogP contribution in [0.15, 0.2) is 48.5 Å². The fourth-order valence-electron chi connectivity index (χ4n) is 1.61. The molecule has 0 aliphatic rings. The summed E-state index contributed by atoms with van der Waals surface area (Å²) in [7, 11) is 0. The lowest BCUT2D eigenvalue weighted by atomic mass is 10.3. The number of anilines is 1. The molecule has 4 nitrogen and oxygen atoms in total. The zero-order valence-electron chi connectivity index (χ0n) is 11.0. The average molecular weight is 291 g/mol. The van der Waals surface area contributed by atoms with E-state index < -0.39 is 0 Å². The highest BCUT2D eigenvalue weighted by atomic mass is 35.5. The number of carbonyl (C=O) groups excluding carboxylic acids is 1. The molecule has 0 atom stereocenters. The molecule has 0 unspecified atom stereocenters. The van der Waals surface area contributed by atoms with Gasteiger partial charge in [-0.25, -0.2) is 4.79 Å². The highest BCUT2D eigenvalue weighted by molar-refractivity contribution is 6.30. The highest BCUT2D eigenvalue weighted by Crippen LogP contribution is 2.25. The van der Waals surface area contributed by atoms with Crippen LogP contribution < -0.4 is 15.4 Å².